The number of ether oxygens (including phenoxy) is 2. The number of aliphatic hydroxyl groups excluding tert-OH is 2. The lowest BCUT2D eigenvalue weighted by Crippen LogP contribution is -2.64. The minimum atomic E-state index is -2.79. The topological polar surface area (TPSA) is 680 Å². The number of unbranched alkanes of at least 4 members (excludes halogenated alkanes) is 7. The Bertz CT molecular complexity index is 3520. The van der Waals surface area contributed by atoms with Gasteiger partial charge < -0.3 is 125 Å². The molecule has 0 aliphatic carbocycles. The molecule has 0 radical (unpaired) electrons. The number of amides is 14. The van der Waals surface area contributed by atoms with Crippen molar-refractivity contribution in [1.82, 2.24) is 73.7 Å². The van der Waals surface area contributed by atoms with Crippen LogP contribution in [0.15, 0.2) is 12.8 Å². The maximum Gasteiger partial charge on any atom is 0.335 e. The summed E-state index contributed by atoms with van der Waals surface area (Å²) in [6.45, 7) is 8.58. The first-order valence-corrected chi connectivity index (χ1v) is 36.2. The van der Waals surface area contributed by atoms with Crippen LogP contribution in [-0.2, 0) is 107 Å². The van der Waals surface area contributed by atoms with Gasteiger partial charge in [0.25, 0.3) is 0 Å². The quantitative estimate of drug-likeness (QED) is 0.0218. The summed E-state index contributed by atoms with van der Waals surface area (Å²) < 4.78 is 10.6. The van der Waals surface area contributed by atoms with Gasteiger partial charge in [0.2, 0.25) is 82.7 Å². The van der Waals surface area contributed by atoms with Crippen LogP contribution in [0.1, 0.15) is 154 Å². The monoisotopic (exact) mass is 1590 g/mol. The molecule has 1 aromatic heterocycles. The first-order chi connectivity index (χ1) is 52.7. The number of carbonyl (C=O) groups is 19. The van der Waals surface area contributed by atoms with Gasteiger partial charge in [-0.3, -0.25) is 81.5 Å². The minimum Gasteiger partial charge on any atom is -0.481 e. The van der Waals surface area contributed by atoms with E-state index in [1.807, 2.05) is 16.0 Å². The maximum atomic E-state index is 14.9. The number of aliphatic hydroxyl groups is 2. The van der Waals surface area contributed by atoms with Crippen LogP contribution in [0.4, 0.5) is 0 Å². The number of carbonyl (C=O) groups excluding carboxylic acids is 15. The van der Waals surface area contributed by atoms with E-state index in [2.05, 4.69) is 66.3 Å². The first kappa shape index (κ1) is 96.9. The van der Waals surface area contributed by atoms with Gasteiger partial charge in [0.15, 0.2) is 12.2 Å². The molecule has 1 fully saturated rings. The molecule has 112 heavy (non-hydrogen) atoms. The molecule has 0 saturated carbocycles. The Morgan fingerprint density at radius 2 is 1.24 bits per heavy atom. The van der Waals surface area contributed by atoms with Crippen molar-refractivity contribution in [2.45, 2.75) is 235 Å². The second-order valence-corrected chi connectivity index (χ2v) is 26.9. The number of aliphatic carboxylic acids is 4. The number of nitrogens with two attached hydrogens (primary N) is 2. The number of likely N-dealkylation sites (N-methyl/N-ethyl adjacent to an activating group) is 1. The van der Waals surface area contributed by atoms with Crippen molar-refractivity contribution in [3.8, 4) is 0 Å². The number of aromatic amines is 1. The largest absolute Gasteiger partial charge is 0.481 e. The fourth-order valence-corrected chi connectivity index (χ4v) is 11.2. The van der Waals surface area contributed by atoms with E-state index < -0.39 is 255 Å². The van der Waals surface area contributed by atoms with Crippen LogP contribution in [0.5, 0.6) is 0 Å². The lowest BCUT2D eigenvalue weighted by molar-refractivity contribution is -0.159. The van der Waals surface area contributed by atoms with E-state index in [0.29, 0.717) is 34.6 Å². The molecule has 14 unspecified atom stereocenters. The number of nitrogens with one attached hydrogen (secondary N) is 13. The number of hydrogen-bond donors (Lipinski definition) is 21. The number of methoxy groups -OCH3 is 1. The highest BCUT2D eigenvalue weighted by Crippen LogP contribution is 2.19. The Kier molecular flexibility index (Phi) is 42.5. The van der Waals surface area contributed by atoms with Gasteiger partial charge in [-0.15, -0.1) is 0 Å². The zero-order chi connectivity index (χ0) is 84.8. The van der Waals surface area contributed by atoms with Crippen molar-refractivity contribution in [2.75, 3.05) is 40.4 Å². The fourth-order valence-electron chi connectivity index (χ4n) is 11.2. The van der Waals surface area contributed by atoms with Gasteiger partial charge in [-0.05, 0) is 82.9 Å². The van der Waals surface area contributed by atoms with Crippen LogP contribution in [0.3, 0.4) is 0 Å². The molecular formula is C69H108N16O27. The van der Waals surface area contributed by atoms with Gasteiger partial charge in [-0.2, -0.15) is 0 Å². The average molecular weight is 1590 g/mol. The number of carboxylic acid groups (broad SMARTS) is 4. The van der Waals surface area contributed by atoms with Crippen molar-refractivity contribution in [3.05, 3.63) is 29.6 Å². The lowest BCUT2D eigenvalue weighted by Gasteiger charge is -2.32. The number of nitrogens with zero attached hydrogens (tertiary/aromatic N) is 1. The van der Waals surface area contributed by atoms with Crippen LogP contribution < -0.4 is 75.3 Å². The number of hydrogen-bond acceptors (Lipinski definition) is 24. The van der Waals surface area contributed by atoms with Crippen molar-refractivity contribution < 1.29 is 131 Å². The van der Waals surface area contributed by atoms with Gasteiger partial charge >= 0.3 is 29.8 Å². The number of cyclic esters (lactones) is 1. The molecule has 43 heteroatoms. The van der Waals surface area contributed by atoms with Gasteiger partial charge in [0.1, 0.15) is 72.6 Å². The zero-order valence-electron chi connectivity index (χ0n) is 63.7. The van der Waals surface area contributed by atoms with Crippen molar-refractivity contribution in [3.63, 3.8) is 0 Å². The summed E-state index contributed by atoms with van der Waals surface area (Å²) in [7, 11) is 1.71. The number of primary amides is 1. The molecule has 1 saturated heterocycles. The highest BCUT2D eigenvalue weighted by Gasteiger charge is 2.43. The molecule has 23 N–H and O–H groups in total. The van der Waals surface area contributed by atoms with E-state index in [1.54, 1.807) is 13.1 Å². The molecule has 2 rings (SSSR count). The smallest absolute Gasteiger partial charge is 0.335 e. The number of carboxylic acids is 4. The van der Waals surface area contributed by atoms with Crippen LogP contribution in [0, 0.1) is 12.8 Å². The molecule has 43 nitrogen and oxygen atoms in total. The summed E-state index contributed by atoms with van der Waals surface area (Å²) >= 11 is 0. The molecular weight excluding hydrogens is 1480 g/mol. The van der Waals surface area contributed by atoms with Crippen molar-refractivity contribution >= 4 is 119 Å². The summed E-state index contributed by atoms with van der Waals surface area (Å²) in [6, 6.07) is -22.4. The predicted molar refractivity (Wildman–Crippen MR) is 390 cm³/mol. The average Bonchev–Trinajstić information content (AvgIpc) is 1.14. The van der Waals surface area contributed by atoms with E-state index in [-0.39, 0.29) is 38.6 Å². The summed E-state index contributed by atoms with van der Waals surface area (Å²) in [5.41, 5.74) is 12.8. The Morgan fingerprint density at radius 3 is 1.79 bits per heavy atom. The normalized spacial score (nSPS) is 21.9. The number of H-pyrrole nitrogens is 1. The second-order valence-electron chi connectivity index (χ2n) is 26.9. The number of rotatable bonds is 37. The van der Waals surface area contributed by atoms with E-state index in [4.69, 9.17) is 20.9 Å². The molecule has 2 heterocycles. The summed E-state index contributed by atoms with van der Waals surface area (Å²) in [5, 5.41) is 87.2. The Morgan fingerprint density at radius 1 is 0.670 bits per heavy atom. The predicted octanol–water partition coefficient (Wildman–Crippen LogP) is -6.55. The lowest BCUT2D eigenvalue weighted by atomic mass is 10.0. The molecule has 0 spiro atoms. The van der Waals surface area contributed by atoms with Gasteiger partial charge in [-0.1, -0.05) is 72.0 Å². The first-order valence-electron chi connectivity index (χ1n) is 36.2. The summed E-state index contributed by atoms with van der Waals surface area (Å²) in [5.74, 6) is -28.1. The molecule has 1 aromatic rings. The van der Waals surface area contributed by atoms with E-state index in [1.165, 1.54) is 19.9 Å². The zero-order valence-corrected chi connectivity index (χ0v) is 63.7. The second kappa shape index (κ2) is 49.1. The Hall–Kier alpha value is -11.2. The molecule has 1 aliphatic heterocycles. The molecule has 14 amide bonds. The molecule has 626 valence electrons. The third kappa shape index (κ3) is 33.2. The molecule has 14 atom stereocenters. The highest BCUT2D eigenvalue weighted by atomic mass is 16.5. The Balaban J connectivity index is 2.92. The number of aryl methyl sites for hydroxylation is 1. The van der Waals surface area contributed by atoms with Gasteiger partial charge in [0.05, 0.1) is 26.1 Å². The van der Waals surface area contributed by atoms with Crippen LogP contribution in [0.25, 0.3) is 6.08 Å². The van der Waals surface area contributed by atoms with Crippen LogP contribution in [-0.4, -0.2) is 278 Å². The fraction of sp³-hybridized carbons (Fsp3) is 0.638. The van der Waals surface area contributed by atoms with E-state index in [9.17, 15) is 122 Å². The highest BCUT2D eigenvalue weighted by molar-refractivity contribution is 6.02. The standard InChI is InChI=1S/C69H108N16O27/c1-10-12-13-14-15-16-17-21-45(87)75-42(27-37-29-72-34(5)38(37)11-2)62(102)78-41(23-25-49(92)93)61(101)83-53(55(96)57(71)97)66(106)82-52-36(7)112-69(110)51(33(3)4)81-60(100)40(22-24-48(90)91)79-64(104)44(32-86)76-46(88)30-73-65(105)54(56(111-9)68(108)109)84-59(99)39(20-18-19-26-70)77-63(103)43(28-50(94)95)80-58(98)35(6)74-47(89)31-85(8)67(52)107/h11,29,33,35-36,39-44,51-56,72,86,96H,2,10,12-28,30-32,70H2,1,3-9H3,(H2,71,97)(H,73,105)(H,74,89)(H,75,87)(H,76,88)(H,77,103)(H,78,102)(H,79,104)(H,80,98)(H,81,100)(H,82,106)(H,83,101)(H,84,99)(H,90,91)(H,92,93)(H,94,95)(H,108,109). The van der Waals surface area contributed by atoms with Crippen molar-refractivity contribution in [2.24, 2.45) is 17.4 Å². The molecule has 0 aromatic carbocycles. The third-order valence-corrected chi connectivity index (χ3v) is 17.6. The molecule has 1 aliphatic rings. The number of esters is 1. The van der Waals surface area contributed by atoms with Crippen LogP contribution >= 0.6 is 0 Å². The van der Waals surface area contributed by atoms with Gasteiger partial charge in [-0.25, -0.2) is 9.59 Å². The summed E-state index contributed by atoms with van der Waals surface area (Å²) in [6.07, 6.45) is -3.09. The maximum absolute atomic E-state index is 14.9. The molecule has 0 bridgehead atoms. The minimum absolute atomic E-state index is 0.0184. The van der Waals surface area contributed by atoms with E-state index in [0.717, 1.165) is 60.1 Å². The SMILES string of the molecule is C=Cc1c(CC(NC(=O)CCCCCCCCC)C(=O)NC(CCC(=O)O)C(=O)NC(C(=O)NC2C(=O)N(C)CC(=O)NC(C)C(=O)NC(CC(=O)O)C(=O)NC(CCCCN)C(=O)NC(C(OC)C(=O)O)C(=O)NCC(=O)NC(CO)C(=O)NC(CCC(=O)O)C(=O)NC(C(C)C)C(=O)OC2C)C(O)C(N)=O)c[nH]c1C. The number of aromatic nitrogens is 1. The third-order valence-electron chi connectivity index (χ3n) is 17.6. The Labute approximate surface area is 644 Å². The van der Waals surface area contributed by atoms with Gasteiger partial charge in [0, 0.05) is 51.7 Å². The van der Waals surface area contributed by atoms with Crippen molar-refractivity contribution in [1.29, 1.82) is 0 Å². The van der Waals surface area contributed by atoms with Crippen LogP contribution in [0.2, 0.25) is 0 Å². The van der Waals surface area contributed by atoms with E-state index >= 15 is 0 Å². The summed E-state index contributed by atoms with van der Waals surface area (Å²) in [4.78, 5) is 262.